The van der Waals surface area contributed by atoms with Gasteiger partial charge in [-0.25, -0.2) is 9.78 Å². The number of esters is 1. The second kappa shape index (κ2) is 8.11. The lowest BCUT2D eigenvalue weighted by Gasteiger charge is -2.19. The summed E-state index contributed by atoms with van der Waals surface area (Å²) in [5, 5.41) is 1.63. The maximum Gasteiger partial charge on any atom is 0.344 e. The number of aromatic nitrogens is 1. The van der Waals surface area contributed by atoms with Gasteiger partial charge in [0.1, 0.15) is 16.4 Å². The monoisotopic (exact) mass is 401 g/mol. The molecule has 2 aromatic carbocycles. The fourth-order valence-corrected chi connectivity index (χ4v) is 3.42. The number of carbonyl (C=O) groups excluding carboxylic acids is 1. The summed E-state index contributed by atoms with van der Waals surface area (Å²) in [6, 6.07) is 15.2. The van der Waals surface area contributed by atoms with Gasteiger partial charge in [0.25, 0.3) is 0 Å². The molecule has 0 unspecified atom stereocenters. The molecule has 0 saturated carbocycles. The topological polar surface area (TPSA) is 48.4 Å². The summed E-state index contributed by atoms with van der Waals surface area (Å²) in [4.78, 5) is 17.3. The molecule has 0 aliphatic rings. The second-order valence-electron chi connectivity index (χ2n) is 6.94. The van der Waals surface area contributed by atoms with E-state index < -0.39 is 5.60 Å². The van der Waals surface area contributed by atoms with Crippen molar-refractivity contribution in [3.05, 3.63) is 59.8 Å². The van der Waals surface area contributed by atoms with Crippen molar-refractivity contribution < 1.29 is 14.3 Å². The van der Waals surface area contributed by atoms with Crippen LogP contribution in [-0.4, -0.2) is 23.2 Å². The number of benzene rings is 2. The summed E-state index contributed by atoms with van der Waals surface area (Å²) < 4.78 is 10.7. The highest BCUT2D eigenvalue weighted by atomic mass is 35.5. The van der Waals surface area contributed by atoms with Gasteiger partial charge in [0, 0.05) is 16.8 Å². The van der Waals surface area contributed by atoms with E-state index in [1.807, 2.05) is 75.5 Å². The van der Waals surface area contributed by atoms with Crippen LogP contribution in [0.25, 0.3) is 21.0 Å². The van der Waals surface area contributed by atoms with Crippen molar-refractivity contribution in [3.63, 3.8) is 0 Å². The minimum atomic E-state index is -0.517. The molecule has 4 nitrogen and oxygen atoms in total. The highest BCUT2D eigenvalue weighted by Crippen LogP contribution is 2.33. The van der Waals surface area contributed by atoms with Gasteiger partial charge in [0.2, 0.25) is 0 Å². The molecule has 140 valence electrons. The molecule has 3 aromatic rings. The Hall–Kier alpha value is -2.37. The molecule has 0 radical (unpaired) electrons. The molecule has 0 atom stereocenters. The van der Waals surface area contributed by atoms with Crippen molar-refractivity contribution in [1.29, 1.82) is 0 Å². The van der Waals surface area contributed by atoms with E-state index in [2.05, 4.69) is 4.98 Å². The largest absolute Gasteiger partial charge is 0.482 e. The number of hydrogen-bond donors (Lipinski definition) is 0. The average Bonchev–Trinajstić information content (AvgIpc) is 3.10. The standard InChI is InChI=1S/C21H20ClNO3S/c1-21(2,3)26-19(24)13-25-17-10-6-15(7-11-17)20-23-12-18(27-20)14-4-8-16(22)9-5-14/h4-12H,13H2,1-3H3. The van der Waals surface area contributed by atoms with Crippen LogP contribution >= 0.6 is 22.9 Å². The van der Waals surface area contributed by atoms with Crippen molar-refractivity contribution in [3.8, 4) is 26.8 Å². The molecule has 3 rings (SSSR count). The van der Waals surface area contributed by atoms with Crippen molar-refractivity contribution in [2.75, 3.05) is 6.61 Å². The van der Waals surface area contributed by atoms with Crippen LogP contribution in [0.15, 0.2) is 54.7 Å². The zero-order valence-electron chi connectivity index (χ0n) is 15.4. The predicted molar refractivity (Wildman–Crippen MR) is 109 cm³/mol. The summed E-state index contributed by atoms with van der Waals surface area (Å²) in [6.07, 6.45) is 1.86. The average molecular weight is 402 g/mol. The quantitative estimate of drug-likeness (QED) is 0.503. The Morgan fingerprint density at radius 1 is 1.04 bits per heavy atom. The van der Waals surface area contributed by atoms with Gasteiger partial charge in [-0.2, -0.15) is 0 Å². The third kappa shape index (κ3) is 5.55. The maximum atomic E-state index is 11.7. The SMILES string of the molecule is CC(C)(C)OC(=O)COc1ccc(-c2ncc(-c3ccc(Cl)cc3)s2)cc1. The lowest BCUT2D eigenvalue weighted by atomic mass is 10.2. The molecule has 1 heterocycles. The predicted octanol–water partition coefficient (Wildman–Crippen LogP) is 5.85. The first-order chi connectivity index (χ1) is 12.8. The Balaban J connectivity index is 1.64. The Kier molecular flexibility index (Phi) is 5.82. The summed E-state index contributed by atoms with van der Waals surface area (Å²) in [5.74, 6) is 0.221. The molecule has 6 heteroatoms. The van der Waals surface area contributed by atoms with Crippen LogP contribution < -0.4 is 4.74 Å². The second-order valence-corrected chi connectivity index (χ2v) is 8.40. The molecule has 0 fully saturated rings. The van der Waals surface area contributed by atoms with Crippen molar-refractivity contribution in [2.24, 2.45) is 0 Å². The number of hydrogen-bond acceptors (Lipinski definition) is 5. The van der Waals surface area contributed by atoms with E-state index in [9.17, 15) is 4.79 Å². The molecule has 0 spiro atoms. The number of rotatable bonds is 5. The minimum absolute atomic E-state index is 0.116. The van der Waals surface area contributed by atoms with Crippen molar-refractivity contribution >= 4 is 28.9 Å². The van der Waals surface area contributed by atoms with Gasteiger partial charge in [-0.1, -0.05) is 23.7 Å². The number of thiazole rings is 1. The van der Waals surface area contributed by atoms with Crippen LogP contribution in [0.3, 0.4) is 0 Å². The van der Waals surface area contributed by atoms with E-state index >= 15 is 0 Å². The summed E-state index contributed by atoms with van der Waals surface area (Å²) >= 11 is 7.54. The highest BCUT2D eigenvalue weighted by molar-refractivity contribution is 7.18. The minimum Gasteiger partial charge on any atom is -0.482 e. The molecule has 0 saturated heterocycles. The van der Waals surface area contributed by atoms with E-state index in [0.717, 1.165) is 21.0 Å². The van der Waals surface area contributed by atoms with Gasteiger partial charge < -0.3 is 9.47 Å². The van der Waals surface area contributed by atoms with Gasteiger partial charge in [-0.05, 0) is 62.7 Å². The molecule has 0 aliphatic heterocycles. The zero-order chi connectivity index (χ0) is 19.4. The number of carbonyl (C=O) groups is 1. The van der Waals surface area contributed by atoms with Gasteiger partial charge in [-0.3, -0.25) is 0 Å². The van der Waals surface area contributed by atoms with E-state index in [0.29, 0.717) is 10.8 Å². The Morgan fingerprint density at radius 3 is 2.30 bits per heavy atom. The van der Waals surface area contributed by atoms with Gasteiger partial charge in [0.15, 0.2) is 6.61 Å². The number of ether oxygens (including phenoxy) is 2. The summed E-state index contributed by atoms with van der Waals surface area (Å²) in [6.45, 7) is 5.36. The molecule has 0 aliphatic carbocycles. The van der Waals surface area contributed by atoms with Crippen molar-refractivity contribution in [1.82, 2.24) is 4.98 Å². The third-order valence-electron chi connectivity index (χ3n) is 3.51. The number of nitrogens with zero attached hydrogens (tertiary/aromatic N) is 1. The Labute approximate surface area is 167 Å². The number of halogens is 1. The molecule has 0 amide bonds. The van der Waals surface area contributed by atoms with Crippen LogP contribution in [0, 0.1) is 0 Å². The van der Waals surface area contributed by atoms with Gasteiger partial charge in [-0.15, -0.1) is 11.3 Å². The van der Waals surface area contributed by atoms with Crippen LogP contribution in [0.2, 0.25) is 5.02 Å². The summed E-state index contributed by atoms with van der Waals surface area (Å²) in [7, 11) is 0. The molecule has 27 heavy (non-hydrogen) atoms. The lowest BCUT2D eigenvalue weighted by molar-refractivity contribution is -0.157. The smallest absolute Gasteiger partial charge is 0.344 e. The lowest BCUT2D eigenvalue weighted by Crippen LogP contribution is -2.27. The molecular formula is C21H20ClNO3S. The third-order valence-corrected chi connectivity index (χ3v) is 4.86. The fraction of sp³-hybridized carbons (Fsp3) is 0.238. The first-order valence-electron chi connectivity index (χ1n) is 8.47. The molecule has 0 N–H and O–H groups in total. The van der Waals surface area contributed by atoms with Gasteiger partial charge >= 0.3 is 5.97 Å². The van der Waals surface area contributed by atoms with Crippen LogP contribution in [0.4, 0.5) is 0 Å². The van der Waals surface area contributed by atoms with Crippen LogP contribution in [0.5, 0.6) is 5.75 Å². The van der Waals surface area contributed by atoms with E-state index in [-0.39, 0.29) is 12.6 Å². The first-order valence-corrected chi connectivity index (χ1v) is 9.66. The maximum absolute atomic E-state index is 11.7. The summed E-state index contributed by atoms with van der Waals surface area (Å²) in [5.41, 5.74) is 1.56. The van der Waals surface area contributed by atoms with Crippen molar-refractivity contribution in [2.45, 2.75) is 26.4 Å². The highest BCUT2D eigenvalue weighted by Gasteiger charge is 2.16. The fourth-order valence-electron chi connectivity index (χ4n) is 2.36. The van der Waals surface area contributed by atoms with E-state index in [4.69, 9.17) is 21.1 Å². The van der Waals surface area contributed by atoms with Gasteiger partial charge in [0.05, 0.1) is 4.88 Å². The Morgan fingerprint density at radius 2 is 1.67 bits per heavy atom. The van der Waals surface area contributed by atoms with Crippen LogP contribution in [-0.2, 0) is 9.53 Å². The van der Waals surface area contributed by atoms with E-state index in [1.165, 1.54) is 0 Å². The zero-order valence-corrected chi connectivity index (χ0v) is 16.9. The Bertz CT molecular complexity index is 912. The van der Waals surface area contributed by atoms with E-state index in [1.54, 1.807) is 11.3 Å². The molecule has 1 aromatic heterocycles. The normalized spacial score (nSPS) is 11.3. The first kappa shape index (κ1) is 19.4. The molecule has 0 bridgehead atoms. The van der Waals surface area contributed by atoms with Crippen LogP contribution in [0.1, 0.15) is 20.8 Å². The molecular weight excluding hydrogens is 382 g/mol.